The van der Waals surface area contributed by atoms with Crippen molar-refractivity contribution in [3.05, 3.63) is 34.3 Å². The van der Waals surface area contributed by atoms with E-state index in [9.17, 15) is 0 Å². The molecule has 0 saturated carbocycles. The highest BCUT2D eigenvalue weighted by Gasteiger charge is 1.98. The Kier molecular flexibility index (Phi) is 5.60. The minimum absolute atomic E-state index is 0.686. The normalized spacial score (nSPS) is 12.8. The van der Waals surface area contributed by atoms with Crippen molar-refractivity contribution in [1.82, 2.24) is 5.32 Å². The van der Waals surface area contributed by atoms with E-state index in [0.717, 1.165) is 17.6 Å². The van der Waals surface area contributed by atoms with Gasteiger partial charge >= 0.3 is 0 Å². The van der Waals surface area contributed by atoms with Gasteiger partial charge in [0.15, 0.2) is 0 Å². The Hall–Kier alpha value is 0.01000. The van der Waals surface area contributed by atoms with Crippen LogP contribution in [0, 0.1) is 0 Å². The molecular formula is C11H16BrNS. The highest BCUT2D eigenvalue weighted by molar-refractivity contribution is 9.10. The van der Waals surface area contributed by atoms with Gasteiger partial charge < -0.3 is 5.32 Å². The molecule has 0 aliphatic carbocycles. The first-order chi connectivity index (χ1) is 6.72. The number of halogens is 1. The van der Waals surface area contributed by atoms with Gasteiger partial charge in [0.25, 0.3) is 0 Å². The van der Waals surface area contributed by atoms with Gasteiger partial charge in [-0.1, -0.05) is 35.0 Å². The van der Waals surface area contributed by atoms with Gasteiger partial charge in [0, 0.05) is 22.8 Å². The van der Waals surface area contributed by atoms with Crippen LogP contribution in [0.3, 0.4) is 0 Å². The SMILES string of the molecule is CSC(C)CNCc1ccc(Br)cc1. The highest BCUT2D eigenvalue weighted by Crippen LogP contribution is 2.10. The third-order valence-corrected chi connectivity index (χ3v) is 3.58. The molecule has 0 aliphatic rings. The zero-order valence-corrected chi connectivity index (χ0v) is 11.0. The van der Waals surface area contributed by atoms with Crippen LogP contribution in [0.4, 0.5) is 0 Å². The first-order valence-corrected chi connectivity index (χ1v) is 6.78. The Morgan fingerprint density at radius 1 is 1.36 bits per heavy atom. The summed E-state index contributed by atoms with van der Waals surface area (Å²) in [5.41, 5.74) is 1.33. The first kappa shape index (κ1) is 12.1. The highest BCUT2D eigenvalue weighted by atomic mass is 79.9. The van der Waals surface area contributed by atoms with Crippen LogP contribution in [0.2, 0.25) is 0 Å². The molecule has 14 heavy (non-hydrogen) atoms. The predicted octanol–water partition coefficient (Wildman–Crippen LogP) is 3.29. The Morgan fingerprint density at radius 2 is 2.00 bits per heavy atom. The molecule has 0 radical (unpaired) electrons. The summed E-state index contributed by atoms with van der Waals surface area (Å²) in [4.78, 5) is 0. The fourth-order valence-electron chi connectivity index (χ4n) is 1.11. The van der Waals surface area contributed by atoms with Gasteiger partial charge in [0.1, 0.15) is 0 Å². The average molecular weight is 274 g/mol. The summed E-state index contributed by atoms with van der Waals surface area (Å²) in [6, 6.07) is 8.44. The van der Waals surface area contributed by atoms with Gasteiger partial charge in [-0.15, -0.1) is 0 Å². The molecule has 78 valence electrons. The molecule has 1 aromatic rings. The van der Waals surface area contributed by atoms with Crippen molar-refractivity contribution in [2.24, 2.45) is 0 Å². The van der Waals surface area contributed by atoms with E-state index >= 15 is 0 Å². The van der Waals surface area contributed by atoms with E-state index in [1.165, 1.54) is 5.56 Å². The summed E-state index contributed by atoms with van der Waals surface area (Å²) >= 11 is 5.32. The number of rotatable bonds is 5. The van der Waals surface area contributed by atoms with Gasteiger partial charge in [-0.3, -0.25) is 0 Å². The van der Waals surface area contributed by atoms with Gasteiger partial charge in [-0.05, 0) is 24.0 Å². The maximum absolute atomic E-state index is 3.44. The number of benzene rings is 1. The second kappa shape index (κ2) is 6.49. The van der Waals surface area contributed by atoms with Crippen molar-refractivity contribution in [2.45, 2.75) is 18.7 Å². The molecule has 1 atom stereocenters. The summed E-state index contributed by atoms with van der Waals surface area (Å²) in [6.07, 6.45) is 2.14. The largest absolute Gasteiger partial charge is 0.312 e. The van der Waals surface area contributed by atoms with Gasteiger partial charge in [0.05, 0.1) is 0 Å². The second-order valence-corrected chi connectivity index (χ2v) is 5.50. The molecule has 1 rings (SSSR count). The van der Waals surface area contributed by atoms with E-state index in [1.807, 2.05) is 11.8 Å². The molecule has 1 nitrogen and oxygen atoms in total. The van der Waals surface area contributed by atoms with Crippen LogP contribution < -0.4 is 5.32 Å². The van der Waals surface area contributed by atoms with E-state index in [1.54, 1.807) is 0 Å². The Balaban J connectivity index is 2.28. The lowest BCUT2D eigenvalue weighted by Gasteiger charge is -2.09. The lowest BCUT2D eigenvalue weighted by atomic mass is 10.2. The van der Waals surface area contributed by atoms with E-state index in [-0.39, 0.29) is 0 Å². The Labute approximate surface area is 98.8 Å². The quantitative estimate of drug-likeness (QED) is 0.884. The summed E-state index contributed by atoms with van der Waals surface area (Å²) in [7, 11) is 0. The van der Waals surface area contributed by atoms with Gasteiger partial charge in [-0.25, -0.2) is 0 Å². The molecule has 0 spiro atoms. The number of hydrogen-bond acceptors (Lipinski definition) is 2. The fourth-order valence-corrected chi connectivity index (χ4v) is 1.65. The smallest absolute Gasteiger partial charge is 0.0205 e. The molecule has 0 bridgehead atoms. The topological polar surface area (TPSA) is 12.0 Å². The summed E-state index contributed by atoms with van der Waals surface area (Å²) in [6.45, 7) is 4.26. The van der Waals surface area contributed by atoms with Crippen molar-refractivity contribution in [3.63, 3.8) is 0 Å². The monoisotopic (exact) mass is 273 g/mol. The van der Waals surface area contributed by atoms with E-state index in [0.29, 0.717) is 5.25 Å². The van der Waals surface area contributed by atoms with Crippen molar-refractivity contribution >= 4 is 27.7 Å². The van der Waals surface area contributed by atoms with Crippen molar-refractivity contribution in [3.8, 4) is 0 Å². The minimum Gasteiger partial charge on any atom is -0.312 e. The standard InChI is InChI=1S/C11H16BrNS/c1-9(14-2)7-13-8-10-3-5-11(12)6-4-10/h3-6,9,13H,7-8H2,1-2H3. The summed E-state index contributed by atoms with van der Waals surface area (Å²) in [5, 5.41) is 4.12. The van der Waals surface area contributed by atoms with Crippen LogP contribution in [-0.2, 0) is 6.54 Å². The zero-order valence-electron chi connectivity index (χ0n) is 8.59. The fraction of sp³-hybridized carbons (Fsp3) is 0.455. The lowest BCUT2D eigenvalue weighted by molar-refractivity contribution is 0.684. The summed E-state index contributed by atoms with van der Waals surface area (Å²) < 4.78 is 1.14. The van der Waals surface area contributed by atoms with Crippen LogP contribution in [0.1, 0.15) is 12.5 Å². The molecule has 0 amide bonds. The van der Waals surface area contributed by atoms with Crippen LogP contribution in [0.5, 0.6) is 0 Å². The first-order valence-electron chi connectivity index (χ1n) is 4.70. The second-order valence-electron chi connectivity index (χ2n) is 3.30. The number of nitrogens with one attached hydrogen (secondary N) is 1. The van der Waals surface area contributed by atoms with Crippen molar-refractivity contribution in [1.29, 1.82) is 0 Å². The van der Waals surface area contributed by atoms with Crippen LogP contribution in [-0.4, -0.2) is 18.1 Å². The third-order valence-electron chi connectivity index (χ3n) is 2.08. The van der Waals surface area contributed by atoms with E-state index in [2.05, 4.69) is 58.7 Å². The molecule has 3 heteroatoms. The predicted molar refractivity (Wildman–Crippen MR) is 68.8 cm³/mol. The molecule has 1 aromatic carbocycles. The minimum atomic E-state index is 0.686. The van der Waals surface area contributed by atoms with Crippen LogP contribution in [0.25, 0.3) is 0 Å². The molecule has 1 unspecified atom stereocenters. The molecule has 0 aliphatic heterocycles. The lowest BCUT2D eigenvalue weighted by Crippen LogP contribution is -2.21. The average Bonchev–Trinajstić information content (AvgIpc) is 2.21. The molecule has 0 aromatic heterocycles. The third kappa shape index (κ3) is 4.49. The van der Waals surface area contributed by atoms with Crippen molar-refractivity contribution in [2.75, 3.05) is 12.8 Å². The molecule has 1 N–H and O–H groups in total. The van der Waals surface area contributed by atoms with E-state index < -0.39 is 0 Å². The van der Waals surface area contributed by atoms with Crippen LogP contribution >= 0.6 is 27.7 Å². The van der Waals surface area contributed by atoms with Gasteiger partial charge in [0.2, 0.25) is 0 Å². The molecule has 0 fully saturated rings. The van der Waals surface area contributed by atoms with E-state index in [4.69, 9.17) is 0 Å². The number of thioether (sulfide) groups is 1. The maximum atomic E-state index is 3.44. The molecular weight excluding hydrogens is 258 g/mol. The van der Waals surface area contributed by atoms with Gasteiger partial charge in [-0.2, -0.15) is 11.8 Å². The maximum Gasteiger partial charge on any atom is 0.0205 e. The van der Waals surface area contributed by atoms with Crippen molar-refractivity contribution < 1.29 is 0 Å². The summed E-state index contributed by atoms with van der Waals surface area (Å²) in [5.74, 6) is 0. The zero-order chi connectivity index (χ0) is 10.4. The Morgan fingerprint density at radius 3 is 2.57 bits per heavy atom. The van der Waals surface area contributed by atoms with Crippen LogP contribution in [0.15, 0.2) is 28.7 Å². The number of hydrogen-bond donors (Lipinski definition) is 1. The molecule has 0 heterocycles. The Bertz CT molecular complexity index is 260. The molecule has 0 saturated heterocycles.